The summed E-state index contributed by atoms with van der Waals surface area (Å²) >= 11 is 0. The molecule has 23 heavy (non-hydrogen) atoms. The van der Waals surface area contributed by atoms with Gasteiger partial charge in [0.1, 0.15) is 11.5 Å². The number of methoxy groups -OCH3 is 1. The van der Waals surface area contributed by atoms with Gasteiger partial charge in [0, 0.05) is 0 Å². The van der Waals surface area contributed by atoms with E-state index in [1.165, 1.54) is 5.57 Å². The van der Waals surface area contributed by atoms with Crippen molar-refractivity contribution < 1.29 is 15.1 Å². The van der Waals surface area contributed by atoms with Crippen molar-refractivity contribution in [1.82, 2.24) is 0 Å². The number of aliphatic hydroxyl groups excluding tert-OH is 1. The summed E-state index contributed by atoms with van der Waals surface area (Å²) in [6.07, 6.45) is 6.39. The topological polar surface area (TPSA) is 62.0 Å². The number of aliphatic hydroxyl groups is 1. The van der Waals surface area contributed by atoms with Crippen LogP contribution in [0.25, 0.3) is 0 Å². The molecule has 0 aliphatic heterocycles. The van der Waals surface area contributed by atoms with Crippen molar-refractivity contribution in [2.75, 3.05) is 13.7 Å². The van der Waals surface area contributed by atoms with Crippen molar-refractivity contribution in [3.8, 4) is 0 Å². The van der Waals surface area contributed by atoms with Gasteiger partial charge in [-0.05, 0) is 54.7 Å². The van der Waals surface area contributed by atoms with Gasteiger partial charge in [-0.25, -0.2) is 0 Å². The van der Waals surface area contributed by atoms with Crippen molar-refractivity contribution >= 4 is 5.71 Å². The van der Waals surface area contributed by atoms with E-state index < -0.39 is 0 Å². The molecule has 2 N–H and O–H groups in total. The first-order valence-corrected chi connectivity index (χ1v) is 8.22. The van der Waals surface area contributed by atoms with Crippen LogP contribution in [-0.4, -0.2) is 29.7 Å². The highest BCUT2D eigenvalue weighted by molar-refractivity contribution is 6.11. The lowest BCUT2D eigenvalue weighted by atomic mass is 9.73. The van der Waals surface area contributed by atoms with Gasteiger partial charge in [-0.15, -0.1) is 0 Å². The van der Waals surface area contributed by atoms with Crippen LogP contribution in [0, 0.1) is 11.3 Å². The Morgan fingerprint density at radius 1 is 1.35 bits per heavy atom. The van der Waals surface area contributed by atoms with E-state index >= 15 is 0 Å². The molecule has 0 bridgehead atoms. The van der Waals surface area contributed by atoms with Crippen molar-refractivity contribution in [1.29, 1.82) is 0 Å². The quantitative estimate of drug-likeness (QED) is 0.250. The second-order valence-corrected chi connectivity index (χ2v) is 7.33. The maximum atomic E-state index is 9.72. The average molecular weight is 321 g/mol. The third-order valence-corrected chi connectivity index (χ3v) is 4.61. The summed E-state index contributed by atoms with van der Waals surface area (Å²) in [5.74, 6) is 0.967. The summed E-state index contributed by atoms with van der Waals surface area (Å²) in [5.41, 5.74) is 3.64. The average Bonchev–Trinajstić information content (AvgIpc) is 2.50. The lowest BCUT2D eigenvalue weighted by Crippen LogP contribution is -2.24. The SMILES string of the molecule is COC(=C/C=C(\C)C(C)C)/C(=N/O)C1=C(CO)CC(C)(C)CC1. The summed E-state index contributed by atoms with van der Waals surface area (Å²) in [5, 5.41) is 22.7. The van der Waals surface area contributed by atoms with Gasteiger partial charge >= 0.3 is 0 Å². The van der Waals surface area contributed by atoms with Gasteiger partial charge < -0.3 is 15.1 Å². The Bertz CT molecular complexity index is 537. The van der Waals surface area contributed by atoms with Gasteiger partial charge in [0.2, 0.25) is 0 Å². The van der Waals surface area contributed by atoms with Crippen LogP contribution in [0.1, 0.15) is 53.9 Å². The number of nitrogens with zero attached hydrogens (tertiary/aromatic N) is 1. The fourth-order valence-corrected chi connectivity index (χ4v) is 2.75. The maximum Gasteiger partial charge on any atom is 0.148 e. The first-order valence-electron chi connectivity index (χ1n) is 8.22. The van der Waals surface area contributed by atoms with Crippen LogP contribution in [0.2, 0.25) is 0 Å². The smallest absolute Gasteiger partial charge is 0.148 e. The minimum atomic E-state index is -0.0182. The highest BCUT2D eigenvalue weighted by atomic mass is 16.5. The van der Waals surface area contributed by atoms with Gasteiger partial charge in [-0.1, -0.05) is 44.5 Å². The van der Waals surface area contributed by atoms with E-state index in [4.69, 9.17) is 4.74 Å². The molecule has 0 fully saturated rings. The summed E-state index contributed by atoms with van der Waals surface area (Å²) in [6, 6.07) is 0. The van der Waals surface area contributed by atoms with Gasteiger partial charge in [0.25, 0.3) is 0 Å². The summed E-state index contributed by atoms with van der Waals surface area (Å²) in [6.45, 7) is 10.7. The number of allylic oxidation sites excluding steroid dienone is 4. The number of hydrogen-bond donors (Lipinski definition) is 2. The Hall–Kier alpha value is -1.55. The van der Waals surface area contributed by atoms with E-state index in [1.807, 2.05) is 12.2 Å². The third-order valence-electron chi connectivity index (χ3n) is 4.61. The zero-order valence-corrected chi connectivity index (χ0v) is 15.3. The normalized spacial score (nSPS) is 20.3. The molecule has 0 saturated heterocycles. The van der Waals surface area contributed by atoms with E-state index in [0.717, 1.165) is 30.4 Å². The first-order chi connectivity index (χ1) is 10.8. The maximum absolute atomic E-state index is 9.72. The molecular weight excluding hydrogens is 290 g/mol. The highest BCUT2D eigenvalue weighted by Gasteiger charge is 2.30. The van der Waals surface area contributed by atoms with Crippen molar-refractivity contribution in [2.45, 2.75) is 53.9 Å². The van der Waals surface area contributed by atoms with E-state index in [9.17, 15) is 10.3 Å². The Morgan fingerprint density at radius 3 is 2.48 bits per heavy atom. The second-order valence-electron chi connectivity index (χ2n) is 7.33. The summed E-state index contributed by atoms with van der Waals surface area (Å²) < 4.78 is 5.44. The molecule has 0 aromatic heterocycles. The fraction of sp³-hybridized carbons (Fsp3) is 0.632. The molecule has 0 amide bonds. The second kappa shape index (κ2) is 8.34. The van der Waals surface area contributed by atoms with E-state index in [-0.39, 0.29) is 12.0 Å². The monoisotopic (exact) mass is 321 g/mol. The van der Waals surface area contributed by atoms with E-state index in [0.29, 0.717) is 17.4 Å². The Labute approximate surface area is 140 Å². The lowest BCUT2D eigenvalue weighted by Gasteiger charge is -2.33. The molecule has 0 radical (unpaired) electrons. The van der Waals surface area contributed by atoms with Crippen molar-refractivity contribution in [3.63, 3.8) is 0 Å². The van der Waals surface area contributed by atoms with Crippen LogP contribution in [-0.2, 0) is 4.74 Å². The molecule has 0 spiro atoms. The van der Waals surface area contributed by atoms with E-state index in [1.54, 1.807) is 7.11 Å². The molecular formula is C19H31NO3. The molecule has 130 valence electrons. The molecule has 0 aromatic rings. The van der Waals surface area contributed by atoms with Crippen LogP contribution in [0.15, 0.2) is 39.8 Å². The third kappa shape index (κ3) is 5.24. The summed E-state index contributed by atoms with van der Waals surface area (Å²) in [7, 11) is 1.57. The molecule has 0 saturated carbocycles. The predicted molar refractivity (Wildman–Crippen MR) is 94.7 cm³/mol. The number of ether oxygens (including phenoxy) is 1. The predicted octanol–water partition coefficient (Wildman–Crippen LogP) is 4.45. The molecule has 4 nitrogen and oxygen atoms in total. The summed E-state index contributed by atoms with van der Waals surface area (Å²) in [4.78, 5) is 0. The molecule has 1 aliphatic carbocycles. The minimum Gasteiger partial charge on any atom is -0.494 e. The molecule has 0 aromatic carbocycles. The Kier molecular flexibility index (Phi) is 7.07. The zero-order valence-electron chi connectivity index (χ0n) is 15.3. The van der Waals surface area contributed by atoms with Crippen molar-refractivity contribution in [2.24, 2.45) is 16.5 Å². The Balaban J connectivity index is 3.22. The van der Waals surface area contributed by atoms with Crippen molar-refractivity contribution in [3.05, 3.63) is 34.6 Å². The number of rotatable bonds is 6. The molecule has 1 rings (SSSR count). The van der Waals surface area contributed by atoms with Crippen LogP contribution in [0.4, 0.5) is 0 Å². The van der Waals surface area contributed by atoms with Gasteiger partial charge in [-0.2, -0.15) is 0 Å². The van der Waals surface area contributed by atoms with Crippen LogP contribution < -0.4 is 0 Å². The fourth-order valence-electron chi connectivity index (χ4n) is 2.75. The number of hydrogen-bond acceptors (Lipinski definition) is 4. The molecule has 4 heteroatoms. The molecule has 0 unspecified atom stereocenters. The van der Waals surface area contributed by atoms with Crippen LogP contribution in [0.3, 0.4) is 0 Å². The first kappa shape index (κ1) is 19.5. The number of oxime groups is 1. The lowest BCUT2D eigenvalue weighted by molar-refractivity contribution is 0.265. The minimum absolute atomic E-state index is 0.0182. The standard InChI is InChI=1S/C19H31NO3/c1-13(2)14(3)7-8-17(23-6)18(20-22)16-9-10-19(4,5)11-15(16)12-21/h7-8,13,21-22H,9-12H2,1-6H3/b14-7+,17-8+,20-18+. The zero-order chi connectivity index (χ0) is 17.6. The largest absolute Gasteiger partial charge is 0.494 e. The van der Waals surface area contributed by atoms with E-state index in [2.05, 4.69) is 39.8 Å². The van der Waals surface area contributed by atoms with Crippen LogP contribution in [0.5, 0.6) is 0 Å². The van der Waals surface area contributed by atoms with Gasteiger partial charge in [0.05, 0.1) is 13.7 Å². The molecule has 0 atom stereocenters. The van der Waals surface area contributed by atoms with Gasteiger partial charge in [-0.3, -0.25) is 0 Å². The Morgan fingerprint density at radius 2 is 2.00 bits per heavy atom. The molecule has 0 heterocycles. The molecule has 1 aliphatic rings. The van der Waals surface area contributed by atoms with Crippen LogP contribution >= 0.6 is 0 Å². The van der Waals surface area contributed by atoms with Gasteiger partial charge in [0.15, 0.2) is 0 Å². The highest BCUT2D eigenvalue weighted by Crippen LogP contribution is 2.39.